The molecule has 1 saturated heterocycles. The number of methoxy groups -OCH3 is 1. The van der Waals surface area contributed by atoms with Gasteiger partial charge < -0.3 is 9.47 Å². The molecule has 1 fully saturated rings. The average Bonchev–Trinajstić information content (AvgIpc) is 3.01. The van der Waals surface area contributed by atoms with E-state index >= 15 is 0 Å². The Balaban J connectivity index is 2.01. The molecule has 3 heteroatoms. The molecule has 0 aliphatic carbocycles. The maximum atomic E-state index is 5.96. The van der Waals surface area contributed by atoms with Gasteiger partial charge in [-0.15, -0.1) is 0 Å². The molecule has 0 spiro atoms. The van der Waals surface area contributed by atoms with Crippen molar-refractivity contribution in [3.63, 3.8) is 0 Å². The highest BCUT2D eigenvalue weighted by Crippen LogP contribution is 2.41. The van der Waals surface area contributed by atoms with Crippen molar-refractivity contribution in [1.29, 1.82) is 0 Å². The maximum absolute atomic E-state index is 5.96. The van der Waals surface area contributed by atoms with Crippen molar-refractivity contribution in [3.8, 4) is 5.75 Å². The number of thioether (sulfide) groups is 1. The number of fused-ring (bicyclic) bond motifs is 1. The van der Waals surface area contributed by atoms with Crippen LogP contribution < -0.4 is 4.74 Å². The number of rotatable bonds is 5. The Morgan fingerprint density at radius 3 is 2.85 bits per heavy atom. The molecule has 0 saturated carbocycles. The molecule has 106 valence electrons. The van der Waals surface area contributed by atoms with Crippen LogP contribution >= 0.6 is 11.8 Å². The molecule has 0 aromatic heterocycles. The molecule has 0 bridgehead atoms. The zero-order valence-corrected chi connectivity index (χ0v) is 12.6. The summed E-state index contributed by atoms with van der Waals surface area (Å²) < 4.78 is 11.1. The Labute approximate surface area is 124 Å². The van der Waals surface area contributed by atoms with Crippen LogP contribution in [0.4, 0.5) is 0 Å². The number of benzene rings is 2. The topological polar surface area (TPSA) is 18.5 Å². The molecule has 2 aromatic carbocycles. The lowest BCUT2D eigenvalue weighted by atomic mass is 9.92. The lowest BCUT2D eigenvalue weighted by molar-refractivity contribution is 0.145. The van der Waals surface area contributed by atoms with Gasteiger partial charge in [0.15, 0.2) is 0 Å². The van der Waals surface area contributed by atoms with Crippen LogP contribution in [0.5, 0.6) is 5.75 Å². The van der Waals surface area contributed by atoms with Gasteiger partial charge >= 0.3 is 0 Å². The molecule has 20 heavy (non-hydrogen) atoms. The third-order valence-electron chi connectivity index (χ3n) is 3.81. The Morgan fingerprint density at radius 1 is 1.15 bits per heavy atom. The highest BCUT2D eigenvalue weighted by molar-refractivity contribution is 7.99. The Kier molecular flexibility index (Phi) is 4.48. The summed E-state index contributed by atoms with van der Waals surface area (Å²) in [6.07, 6.45) is 1.25. The van der Waals surface area contributed by atoms with Crippen LogP contribution in [0, 0.1) is 0 Å². The molecular weight excluding hydrogens is 268 g/mol. The van der Waals surface area contributed by atoms with E-state index in [1.54, 1.807) is 7.11 Å². The van der Waals surface area contributed by atoms with Gasteiger partial charge in [-0.05, 0) is 34.9 Å². The standard InChI is InChI=1S/C17H20O2S/c1-18-9-10-19-16-7-6-13-4-2-3-5-15(13)17(16)14-8-11-20-12-14/h2-7,14H,8-12H2,1H3. The predicted octanol–water partition coefficient (Wildman–Crippen LogP) is 4.09. The molecule has 0 amide bonds. The van der Waals surface area contributed by atoms with Crippen molar-refractivity contribution < 1.29 is 9.47 Å². The summed E-state index contributed by atoms with van der Waals surface area (Å²) in [5.41, 5.74) is 1.39. The molecule has 0 radical (unpaired) electrons. The van der Waals surface area contributed by atoms with Gasteiger partial charge in [0.25, 0.3) is 0 Å². The Morgan fingerprint density at radius 2 is 2.05 bits per heavy atom. The zero-order valence-electron chi connectivity index (χ0n) is 11.8. The third-order valence-corrected chi connectivity index (χ3v) is 4.98. The van der Waals surface area contributed by atoms with Crippen molar-refractivity contribution in [2.45, 2.75) is 12.3 Å². The summed E-state index contributed by atoms with van der Waals surface area (Å²) in [7, 11) is 1.71. The second-order valence-corrected chi connectivity index (χ2v) is 6.25. The van der Waals surface area contributed by atoms with Gasteiger partial charge in [-0.25, -0.2) is 0 Å². The summed E-state index contributed by atoms with van der Waals surface area (Å²) in [4.78, 5) is 0. The van der Waals surface area contributed by atoms with E-state index in [0.717, 1.165) is 5.75 Å². The largest absolute Gasteiger partial charge is 0.491 e. The minimum atomic E-state index is 0.613. The molecule has 1 aliphatic heterocycles. The van der Waals surface area contributed by atoms with Crippen LogP contribution in [0.1, 0.15) is 17.9 Å². The minimum Gasteiger partial charge on any atom is -0.491 e. The van der Waals surface area contributed by atoms with E-state index in [-0.39, 0.29) is 0 Å². The van der Waals surface area contributed by atoms with Crippen molar-refractivity contribution in [3.05, 3.63) is 42.0 Å². The summed E-state index contributed by atoms with van der Waals surface area (Å²) in [5.74, 6) is 4.11. The highest BCUT2D eigenvalue weighted by atomic mass is 32.2. The van der Waals surface area contributed by atoms with Crippen molar-refractivity contribution in [2.75, 3.05) is 31.8 Å². The fraction of sp³-hybridized carbons (Fsp3) is 0.412. The lowest BCUT2D eigenvalue weighted by Crippen LogP contribution is -2.08. The van der Waals surface area contributed by atoms with Gasteiger partial charge in [0.1, 0.15) is 12.4 Å². The fourth-order valence-electron chi connectivity index (χ4n) is 2.82. The van der Waals surface area contributed by atoms with E-state index < -0.39 is 0 Å². The van der Waals surface area contributed by atoms with E-state index in [9.17, 15) is 0 Å². The van der Waals surface area contributed by atoms with E-state index in [2.05, 4.69) is 36.4 Å². The first-order valence-corrected chi connectivity index (χ1v) is 8.26. The molecule has 1 aliphatic rings. The summed E-state index contributed by atoms with van der Waals surface area (Å²) in [5, 5.41) is 2.65. The summed E-state index contributed by atoms with van der Waals surface area (Å²) in [6, 6.07) is 12.9. The number of ether oxygens (including phenoxy) is 2. The maximum Gasteiger partial charge on any atom is 0.123 e. The van der Waals surface area contributed by atoms with Crippen LogP contribution in [-0.4, -0.2) is 31.8 Å². The second kappa shape index (κ2) is 6.51. The molecule has 1 atom stereocenters. The first-order chi connectivity index (χ1) is 9.90. The number of hydrogen-bond donors (Lipinski definition) is 0. The van der Waals surface area contributed by atoms with Gasteiger partial charge in [-0.2, -0.15) is 11.8 Å². The molecule has 1 unspecified atom stereocenters. The molecule has 3 rings (SSSR count). The monoisotopic (exact) mass is 288 g/mol. The first kappa shape index (κ1) is 13.8. The van der Waals surface area contributed by atoms with E-state index in [1.165, 1.54) is 34.3 Å². The number of hydrogen-bond acceptors (Lipinski definition) is 3. The quantitative estimate of drug-likeness (QED) is 0.772. The first-order valence-electron chi connectivity index (χ1n) is 7.11. The highest BCUT2D eigenvalue weighted by Gasteiger charge is 2.23. The fourth-order valence-corrected chi connectivity index (χ4v) is 4.06. The lowest BCUT2D eigenvalue weighted by Gasteiger charge is -2.18. The van der Waals surface area contributed by atoms with Crippen molar-refractivity contribution in [1.82, 2.24) is 0 Å². The van der Waals surface area contributed by atoms with Crippen LogP contribution in [0.25, 0.3) is 10.8 Å². The van der Waals surface area contributed by atoms with Crippen LogP contribution in [-0.2, 0) is 4.74 Å². The van der Waals surface area contributed by atoms with Crippen LogP contribution in [0.3, 0.4) is 0 Å². The minimum absolute atomic E-state index is 0.613. The van der Waals surface area contributed by atoms with Gasteiger partial charge in [-0.3, -0.25) is 0 Å². The van der Waals surface area contributed by atoms with E-state index in [4.69, 9.17) is 9.47 Å². The summed E-state index contributed by atoms with van der Waals surface area (Å²) in [6.45, 7) is 1.24. The Hall–Kier alpha value is -1.19. The van der Waals surface area contributed by atoms with Gasteiger partial charge in [0, 0.05) is 18.4 Å². The predicted molar refractivity (Wildman–Crippen MR) is 86.0 cm³/mol. The van der Waals surface area contributed by atoms with Gasteiger partial charge in [0.05, 0.1) is 6.61 Å². The molecule has 1 heterocycles. The van der Waals surface area contributed by atoms with Gasteiger partial charge in [-0.1, -0.05) is 30.3 Å². The second-order valence-electron chi connectivity index (χ2n) is 5.10. The normalized spacial score (nSPS) is 18.6. The molecular formula is C17H20O2S. The molecule has 0 N–H and O–H groups in total. The van der Waals surface area contributed by atoms with Crippen molar-refractivity contribution in [2.24, 2.45) is 0 Å². The Bertz CT molecular complexity index is 576. The van der Waals surface area contributed by atoms with Gasteiger partial charge in [0.2, 0.25) is 0 Å². The third kappa shape index (κ3) is 2.79. The molecule has 2 nitrogen and oxygen atoms in total. The van der Waals surface area contributed by atoms with E-state index in [1.807, 2.05) is 11.8 Å². The van der Waals surface area contributed by atoms with E-state index in [0.29, 0.717) is 19.1 Å². The van der Waals surface area contributed by atoms with Crippen molar-refractivity contribution >= 4 is 22.5 Å². The molecule has 2 aromatic rings. The smallest absolute Gasteiger partial charge is 0.123 e. The average molecular weight is 288 g/mol. The zero-order chi connectivity index (χ0) is 13.8. The SMILES string of the molecule is COCCOc1ccc2ccccc2c1C1CCSC1. The van der Waals surface area contributed by atoms with Crippen LogP contribution in [0.2, 0.25) is 0 Å². The van der Waals surface area contributed by atoms with Crippen LogP contribution in [0.15, 0.2) is 36.4 Å². The summed E-state index contributed by atoms with van der Waals surface area (Å²) >= 11 is 2.04.